The topological polar surface area (TPSA) is 59.8 Å². The van der Waals surface area contributed by atoms with Gasteiger partial charge in [0.15, 0.2) is 0 Å². The lowest BCUT2D eigenvalue weighted by Gasteiger charge is -2.15. The zero-order chi connectivity index (χ0) is 18.1. The quantitative estimate of drug-likeness (QED) is 0.583. The van der Waals surface area contributed by atoms with E-state index in [2.05, 4.69) is 15.3 Å². The number of nitrogens with zero attached hydrogens (tertiary/aromatic N) is 3. The van der Waals surface area contributed by atoms with E-state index in [0.29, 0.717) is 21.9 Å². The molecule has 1 N–H and O–H groups in total. The molecule has 0 atom stereocenters. The molecule has 6 heteroatoms. The van der Waals surface area contributed by atoms with Gasteiger partial charge in [-0.05, 0) is 49.4 Å². The maximum absolute atomic E-state index is 13.2. The van der Waals surface area contributed by atoms with Crippen molar-refractivity contribution in [3.05, 3.63) is 87.9 Å². The fourth-order valence-corrected chi connectivity index (χ4v) is 2.97. The highest BCUT2D eigenvalue weighted by atomic mass is 35.5. The molecule has 0 aliphatic heterocycles. The minimum Gasteiger partial charge on any atom is -0.324 e. The Balaban J connectivity index is 2.00. The zero-order valence-corrected chi connectivity index (χ0v) is 14.7. The molecule has 0 amide bonds. The van der Waals surface area contributed by atoms with Crippen LogP contribution in [0.3, 0.4) is 0 Å². The number of aromatic nitrogens is 3. The number of hydrogen-bond acceptors (Lipinski definition) is 4. The summed E-state index contributed by atoms with van der Waals surface area (Å²) in [7, 11) is 0. The lowest BCUT2D eigenvalue weighted by atomic mass is 10.2. The number of fused-ring (bicyclic) bond motifs is 1. The first kappa shape index (κ1) is 16.3. The highest BCUT2D eigenvalue weighted by molar-refractivity contribution is 6.31. The largest absolute Gasteiger partial charge is 0.324 e. The van der Waals surface area contributed by atoms with E-state index in [1.54, 1.807) is 29.0 Å². The van der Waals surface area contributed by atoms with Crippen LogP contribution in [0.15, 0.2) is 71.7 Å². The van der Waals surface area contributed by atoms with Crippen LogP contribution in [-0.2, 0) is 0 Å². The van der Waals surface area contributed by atoms with Crippen molar-refractivity contribution in [3.8, 4) is 5.69 Å². The molecule has 26 heavy (non-hydrogen) atoms. The van der Waals surface area contributed by atoms with Crippen LogP contribution in [0.2, 0.25) is 5.02 Å². The number of rotatable bonds is 3. The van der Waals surface area contributed by atoms with Crippen LogP contribution < -0.4 is 10.9 Å². The summed E-state index contributed by atoms with van der Waals surface area (Å²) in [6, 6.07) is 18.2. The van der Waals surface area contributed by atoms with Crippen molar-refractivity contribution in [2.75, 3.05) is 5.32 Å². The lowest BCUT2D eigenvalue weighted by Crippen LogP contribution is -2.23. The van der Waals surface area contributed by atoms with Crippen LogP contribution >= 0.6 is 11.6 Å². The van der Waals surface area contributed by atoms with Crippen molar-refractivity contribution in [2.24, 2.45) is 0 Å². The van der Waals surface area contributed by atoms with E-state index >= 15 is 0 Å². The number of nitrogens with one attached hydrogen (secondary N) is 1. The van der Waals surface area contributed by atoms with E-state index in [1.807, 2.05) is 49.4 Å². The second kappa shape index (κ2) is 6.61. The van der Waals surface area contributed by atoms with E-state index in [0.717, 1.165) is 17.1 Å². The van der Waals surface area contributed by atoms with Crippen LogP contribution in [0.4, 0.5) is 11.6 Å². The average molecular weight is 363 g/mol. The van der Waals surface area contributed by atoms with Gasteiger partial charge in [-0.3, -0.25) is 9.78 Å². The van der Waals surface area contributed by atoms with Crippen molar-refractivity contribution in [3.63, 3.8) is 0 Å². The Labute approximate surface area is 154 Å². The fourth-order valence-electron chi connectivity index (χ4n) is 2.80. The monoisotopic (exact) mass is 362 g/mol. The van der Waals surface area contributed by atoms with E-state index in [-0.39, 0.29) is 5.56 Å². The minimum absolute atomic E-state index is 0.187. The average Bonchev–Trinajstić information content (AvgIpc) is 2.65. The molecule has 128 valence electrons. The molecule has 2 aromatic heterocycles. The predicted octanol–water partition coefficient (Wildman–Crippen LogP) is 4.49. The summed E-state index contributed by atoms with van der Waals surface area (Å²) in [5, 5.41) is 4.21. The zero-order valence-electron chi connectivity index (χ0n) is 14.0. The second-order valence-corrected chi connectivity index (χ2v) is 6.27. The van der Waals surface area contributed by atoms with Crippen molar-refractivity contribution in [2.45, 2.75) is 6.92 Å². The maximum atomic E-state index is 13.2. The minimum atomic E-state index is -0.187. The van der Waals surface area contributed by atoms with Crippen molar-refractivity contribution >= 4 is 34.1 Å². The Morgan fingerprint density at radius 1 is 1.04 bits per heavy atom. The van der Waals surface area contributed by atoms with E-state index in [4.69, 9.17) is 11.6 Å². The van der Waals surface area contributed by atoms with Crippen LogP contribution in [0.1, 0.15) is 5.69 Å². The summed E-state index contributed by atoms with van der Waals surface area (Å²) in [4.78, 5) is 22.1. The molecule has 0 saturated carbocycles. The molecule has 0 aliphatic rings. The van der Waals surface area contributed by atoms with Crippen LogP contribution in [0.25, 0.3) is 16.6 Å². The first-order valence-electron chi connectivity index (χ1n) is 8.10. The highest BCUT2D eigenvalue weighted by Crippen LogP contribution is 2.22. The van der Waals surface area contributed by atoms with Gasteiger partial charge in [0.2, 0.25) is 5.95 Å². The number of para-hydroxylation sites is 1. The molecular weight excluding hydrogens is 348 g/mol. The summed E-state index contributed by atoms with van der Waals surface area (Å²) in [6.07, 6.45) is 1.72. The summed E-state index contributed by atoms with van der Waals surface area (Å²) >= 11 is 6.08. The molecule has 0 unspecified atom stereocenters. The smallest absolute Gasteiger partial charge is 0.267 e. The Hall–Kier alpha value is -3.18. The molecule has 2 aromatic carbocycles. The van der Waals surface area contributed by atoms with Gasteiger partial charge in [-0.15, -0.1) is 0 Å². The standard InChI is InChI=1S/C20H15ClN4O/c1-13-17(8-5-11-22-13)23-20-24-18-10-9-14(21)12-16(18)19(26)25(20)15-6-3-2-4-7-15/h2-12H,1H3,(H,23,24). The van der Waals surface area contributed by atoms with Crippen molar-refractivity contribution in [1.29, 1.82) is 0 Å². The lowest BCUT2D eigenvalue weighted by molar-refractivity contribution is 0.972. The third-order valence-corrected chi connectivity index (χ3v) is 4.33. The number of pyridine rings is 1. The number of halogens is 1. The molecule has 4 aromatic rings. The molecule has 0 aliphatic carbocycles. The van der Waals surface area contributed by atoms with Gasteiger partial charge in [0.1, 0.15) is 0 Å². The van der Waals surface area contributed by atoms with Crippen LogP contribution in [-0.4, -0.2) is 14.5 Å². The van der Waals surface area contributed by atoms with E-state index < -0.39 is 0 Å². The van der Waals surface area contributed by atoms with Gasteiger partial charge in [0.25, 0.3) is 5.56 Å². The molecule has 2 heterocycles. The first-order chi connectivity index (χ1) is 12.6. The van der Waals surface area contributed by atoms with Gasteiger partial charge in [0, 0.05) is 11.2 Å². The van der Waals surface area contributed by atoms with Crippen LogP contribution in [0, 0.1) is 6.92 Å². The van der Waals surface area contributed by atoms with Gasteiger partial charge in [0.05, 0.1) is 28.0 Å². The normalized spacial score (nSPS) is 10.8. The Kier molecular flexibility index (Phi) is 4.14. The fraction of sp³-hybridized carbons (Fsp3) is 0.0500. The summed E-state index contributed by atoms with van der Waals surface area (Å²) in [5.74, 6) is 0.423. The Bertz CT molecular complexity index is 1160. The third kappa shape index (κ3) is 2.93. The molecule has 0 bridgehead atoms. The van der Waals surface area contributed by atoms with Crippen molar-refractivity contribution in [1.82, 2.24) is 14.5 Å². The number of anilines is 2. The third-order valence-electron chi connectivity index (χ3n) is 4.10. The highest BCUT2D eigenvalue weighted by Gasteiger charge is 2.14. The molecule has 0 saturated heterocycles. The Morgan fingerprint density at radius 2 is 1.85 bits per heavy atom. The predicted molar refractivity (Wildman–Crippen MR) is 105 cm³/mol. The van der Waals surface area contributed by atoms with Gasteiger partial charge in [-0.2, -0.15) is 0 Å². The van der Waals surface area contributed by atoms with Gasteiger partial charge < -0.3 is 5.32 Å². The first-order valence-corrected chi connectivity index (χ1v) is 8.47. The maximum Gasteiger partial charge on any atom is 0.267 e. The molecule has 0 radical (unpaired) electrons. The summed E-state index contributed by atoms with van der Waals surface area (Å²) < 4.78 is 1.55. The molecule has 5 nitrogen and oxygen atoms in total. The van der Waals surface area contributed by atoms with Crippen LogP contribution in [0.5, 0.6) is 0 Å². The van der Waals surface area contributed by atoms with Crippen molar-refractivity contribution < 1.29 is 0 Å². The van der Waals surface area contributed by atoms with Gasteiger partial charge in [-0.1, -0.05) is 29.8 Å². The molecule has 0 fully saturated rings. The second-order valence-electron chi connectivity index (χ2n) is 5.83. The van der Waals surface area contributed by atoms with E-state index in [1.165, 1.54) is 0 Å². The molecular formula is C20H15ClN4O. The van der Waals surface area contributed by atoms with E-state index in [9.17, 15) is 4.79 Å². The number of benzene rings is 2. The molecule has 4 rings (SSSR count). The van der Waals surface area contributed by atoms with Gasteiger partial charge >= 0.3 is 0 Å². The number of hydrogen-bond donors (Lipinski definition) is 1. The molecule has 0 spiro atoms. The SMILES string of the molecule is Cc1ncccc1Nc1nc2ccc(Cl)cc2c(=O)n1-c1ccccc1. The Morgan fingerprint density at radius 3 is 2.62 bits per heavy atom. The number of aryl methyl sites for hydroxylation is 1. The summed E-state index contributed by atoms with van der Waals surface area (Å²) in [5.41, 5.74) is 2.72. The summed E-state index contributed by atoms with van der Waals surface area (Å²) in [6.45, 7) is 1.90. The van der Waals surface area contributed by atoms with Gasteiger partial charge in [-0.25, -0.2) is 9.55 Å².